The molecule has 0 spiro atoms. The quantitative estimate of drug-likeness (QED) is 0.631. The molecule has 0 radical (unpaired) electrons. The van der Waals surface area contributed by atoms with Crippen LogP contribution in [0.4, 0.5) is 0 Å². The molecule has 6 heteroatoms. The van der Waals surface area contributed by atoms with Gasteiger partial charge in [0.15, 0.2) is 5.11 Å². The molecule has 4 nitrogen and oxygen atoms in total. The maximum absolute atomic E-state index is 5.87. The molecule has 0 fully saturated rings. The second-order valence-corrected chi connectivity index (χ2v) is 5.22. The molecule has 2 aromatic rings. The molecule has 1 aromatic carbocycles. The van der Waals surface area contributed by atoms with Crippen LogP contribution in [0.2, 0.25) is 5.02 Å². The molecule has 0 amide bonds. The zero-order chi connectivity index (χ0) is 15.1. The van der Waals surface area contributed by atoms with Gasteiger partial charge in [-0.3, -0.25) is 0 Å². The highest BCUT2D eigenvalue weighted by molar-refractivity contribution is 7.80. The van der Waals surface area contributed by atoms with Gasteiger partial charge in [-0.25, -0.2) is 0 Å². The van der Waals surface area contributed by atoms with E-state index < -0.39 is 0 Å². The summed E-state index contributed by atoms with van der Waals surface area (Å²) in [6, 6.07) is 11.4. The molecular formula is C15H17ClN2O2S. The summed E-state index contributed by atoms with van der Waals surface area (Å²) >= 11 is 11.0. The molecule has 2 N–H and O–H groups in total. The van der Waals surface area contributed by atoms with E-state index in [1.54, 1.807) is 7.11 Å². The van der Waals surface area contributed by atoms with Crippen molar-refractivity contribution in [2.45, 2.75) is 6.54 Å². The first-order valence-electron chi connectivity index (χ1n) is 6.54. The van der Waals surface area contributed by atoms with Crippen molar-refractivity contribution in [3.05, 3.63) is 47.2 Å². The Kier molecular flexibility index (Phi) is 6.04. The van der Waals surface area contributed by atoms with Crippen LogP contribution in [0.5, 0.6) is 0 Å². The summed E-state index contributed by atoms with van der Waals surface area (Å²) in [4.78, 5) is 0. The van der Waals surface area contributed by atoms with Crippen molar-refractivity contribution in [2.75, 3.05) is 20.3 Å². The van der Waals surface area contributed by atoms with Crippen LogP contribution in [0, 0.1) is 0 Å². The van der Waals surface area contributed by atoms with Crippen LogP contribution in [-0.4, -0.2) is 25.4 Å². The standard InChI is InChI=1S/C15H17ClN2O2S/c1-19-9-8-17-15(21)18-10-13-6-7-14(20-13)11-2-4-12(16)5-3-11/h2-7H,8-10H2,1H3,(H2,17,18,21). The van der Waals surface area contributed by atoms with Crippen molar-refractivity contribution < 1.29 is 9.15 Å². The highest BCUT2D eigenvalue weighted by atomic mass is 35.5. The zero-order valence-electron chi connectivity index (χ0n) is 11.7. The number of benzene rings is 1. The summed E-state index contributed by atoms with van der Waals surface area (Å²) in [6.45, 7) is 1.83. The van der Waals surface area contributed by atoms with Crippen LogP contribution in [0.25, 0.3) is 11.3 Å². The molecule has 0 saturated heterocycles. The Hall–Kier alpha value is -1.56. The van der Waals surface area contributed by atoms with Gasteiger partial charge in [-0.05, 0) is 48.6 Å². The summed E-state index contributed by atoms with van der Waals surface area (Å²) in [5, 5.41) is 7.41. The second kappa shape index (κ2) is 8.02. The normalized spacial score (nSPS) is 10.4. The number of nitrogens with one attached hydrogen (secondary N) is 2. The molecule has 0 saturated carbocycles. The first-order chi connectivity index (χ1) is 10.2. The van der Waals surface area contributed by atoms with Gasteiger partial charge in [-0.2, -0.15) is 0 Å². The Bertz CT molecular complexity index is 584. The average Bonchev–Trinajstić information content (AvgIpc) is 2.95. The second-order valence-electron chi connectivity index (χ2n) is 4.38. The molecule has 0 unspecified atom stereocenters. The molecule has 0 aliphatic heterocycles. The van der Waals surface area contributed by atoms with Gasteiger partial charge in [0.25, 0.3) is 0 Å². The topological polar surface area (TPSA) is 46.4 Å². The Morgan fingerprint density at radius 2 is 1.95 bits per heavy atom. The SMILES string of the molecule is COCCNC(=S)NCc1ccc(-c2ccc(Cl)cc2)o1. The Morgan fingerprint density at radius 3 is 2.67 bits per heavy atom. The largest absolute Gasteiger partial charge is 0.459 e. The van der Waals surface area contributed by atoms with E-state index in [2.05, 4.69) is 10.6 Å². The zero-order valence-corrected chi connectivity index (χ0v) is 13.3. The molecule has 112 valence electrons. The number of hydrogen-bond donors (Lipinski definition) is 2. The fourth-order valence-electron chi connectivity index (χ4n) is 1.74. The summed E-state index contributed by atoms with van der Waals surface area (Å²) in [6.07, 6.45) is 0. The highest BCUT2D eigenvalue weighted by Crippen LogP contribution is 2.23. The van der Waals surface area contributed by atoms with Crippen molar-refractivity contribution in [3.63, 3.8) is 0 Å². The monoisotopic (exact) mass is 324 g/mol. The lowest BCUT2D eigenvalue weighted by molar-refractivity contribution is 0.204. The number of hydrogen-bond acceptors (Lipinski definition) is 3. The van der Waals surface area contributed by atoms with Gasteiger partial charge in [0, 0.05) is 24.2 Å². The van der Waals surface area contributed by atoms with Gasteiger partial charge in [-0.1, -0.05) is 11.6 Å². The maximum atomic E-state index is 5.87. The number of halogens is 1. The molecule has 1 aromatic heterocycles. The minimum Gasteiger partial charge on any atom is -0.459 e. The summed E-state index contributed by atoms with van der Waals surface area (Å²) in [5.41, 5.74) is 0.992. The van der Waals surface area contributed by atoms with Gasteiger partial charge in [-0.15, -0.1) is 0 Å². The maximum Gasteiger partial charge on any atom is 0.166 e. The molecule has 2 rings (SSSR count). The highest BCUT2D eigenvalue weighted by Gasteiger charge is 2.05. The number of methoxy groups -OCH3 is 1. The number of rotatable bonds is 6. The molecule has 0 bridgehead atoms. The minimum absolute atomic E-state index is 0.534. The molecule has 1 heterocycles. The molecule has 0 atom stereocenters. The van der Waals surface area contributed by atoms with E-state index in [0.717, 1.165) is 17.1 Å². The molecule has 0 aliphatic carbocycles. The van der Waals surface area contributed by atoms with Crippen LogP contribution in [0.3, 0.4) is 0 Å². The summed E-state index contributed by atoms with van der Waals surface area (Å²) in [7, 11) is 1.65. The lowest BCUT2D eigenvalue weighted by Gasteiger charge is -2.08. The van der Waals surface area contributed by atoms with E-state index in [0.29, 0.717) is 29.8 Å². The van der Waals surface area contributed by atoms with Crippen molar-refractivity contribution in [1.29, 1.82) is 0 Å². The van der Waals surface area contributed by atoms with E-state index in [4.69, 9.17) is 33.0 Å². The smallest absolute Gasteiger partial charge is 0.166 e. The predicted octanol–water partition coefficient (Wildman–Crippen LogP) is 3.21. The van der Waals surface area contributed by atoms with Crippen LogP contribution in [0.1, 0.15) is 5.76 Å². The van der Waals surface area contributed by atoms with Gasteiger partial charge >= 0.3 is 0 Å². The first-order valence-corrected chi connectivity index (χ1v) is 7.33. The predicted molar refractivity (Wildman–Crippen MR) is 88.5 cm³/mol. The summed E-state index contributed by atoms with van der Waals surface area (Å²) < 4.78 is 10.7. The van der Waals surface area contributed by atoms with Crippen molar-refractivity contribution in [3.8, 4) is 11.3 Å². The van der Waals surface area contributed by atoms with Gasteiger partial charge in [0.2, 0.25) is 0 Å². The fourth-order valence-corrected chi connectivity index (χ4v) is 2.04. The third kappa shape index (κ3) is 5.04. The van der Waals surface area contributed by atoms with E-state index in [9.17, 15) is 0 Å². The Labute approximate surface area is 134 Å². The third-order valence-electron chi connectivity index (χ3n) is 2.81. The third-order valence-corrected chi connectivity index (χ3v) is 3.35. The van der Waals surface area contributed by atoms with Crippen molar-refractivity contribution in [2.24, 2.45) is 0 Å². The lowest BCUT2D eigenvalue weighted by atomic mass is 10.2. The molecular weight excluding hydrogens is 308 g/mol. The number of furan rings is 1. The van der Waals surface area contributed by atoms with Crippen LogP contribution in [0.15, 0.2) is 40.8 Å². The van der Waals surface area contributed by atoms with E-state index in [-0.39, 0.29) is 0 Å². The van der Waals surface area contributed by atoms with Crippen molar-refractivity contribution in [1.82, 2.24) is 10.6 Å². The molecule has 0 aliphatic rings. The van der Waals surface area contributed by atoms with Crippen LogP contribution in [-0.2, 0) is 11.3 Å². The van der Waals surface area contributed by atoms with Gasteiger partial charge < -0.3 is 19.8 Å². The fraction of sp³-hybridized carbons (Fsp3) is 0.267. The average molecular weight is 325 g/mol. The minimum atomic E-state index is 0.534. The van der Waals surface area contributed by atoms with Crippen LogP contribution >= 0.6 is 23.8 Å². The van der Waals surface area contributed by atoms with E-state index in [1.165, 1.54) is 0 Å². The Morgan fingerprint density at radius 1 is 1.19 bits per heavy atom. The Balaban J connectivity index is 1.86. The summed E-state index contributed by atoms with van der Waals surface area (Å²) in [5.74, 6) is 1.62. The number of thiocarbonyl (C=S) groups is 1. The lowest BCUT2D eigenvalue weighted by Crippen LogP contribution is -2.36. The molecule has 21 heavy (non-hydrogen) atoms. The van der Waals surface area contributed by atoms with Crippen LogP contribution < -0.4 is 10.6 Å². The first kappa shape index (κ1) is 15.8. The van der Waals surface area contributed by atoms with Gasteiger partial charge in [0.05, 0.1) is 13.2 Å². The number of ether oxygens (including phenoxy) is 1. The van der Waals surface area contributed by atoms with E-state index in [1.807, 2.05) is 36.4 Å². The van der Waals surface area contributed by atoms with Crippen molar-refractivity contribution >= 4 is 28.9 Å². The van der Waals surface area contributed by atoms with Gasteiger partial charge in [0.1, 0.15) is 11.5 Å². The van der Waals surface area contributed by atoms with E-state index >= 15 is 0 Å².